The molecule has 1 aliphatic rings. The van der Waals surface area contributed by atoms with Crippen molar-refractivity contribution in [1.82, 2.24) is 14.8 Å². The fourth-order valence-electron chi connectivity index (χ4n) is 3.33. The van der Waals surface area contributed by atoms with Crippen LogP contribution in [0.2, 0.25) is 0 Å². The van der Waals surface area contributed by atoms with Crippen LogP contribution in [0.5, 0.6) is 0 Å². The zero-order chi connectivity index (χ0) is 17.8. The molecule has 2 heterocycles. The molecule has 1 saturated heterocycles. The zero-order valence-corrected chi connectivity index (χ0v) is 14.6. The number of carbonyl (C=O) groups excluding carboxylic acids is 1. The van der Waals surface area contributed by atoms with Crippen molar-refractivity contribution in [1.29, 1.82) is 5.26 Å². The Bertz CT molecular complexity index is 793. The van der Waals surface area contributed by atoms with E-state index in [0.29, 0.717) is 18.0 Å². The lowest BCUT2D eigenvalue weighted by atomic mass is 10.1. The Morgan fingerprint density at radius 1 is 1.52 bits per heavy atom. The molecule has 0 bridgehead atoms. The van der Waals surface area contributed by atoms with Crippen LogP contribution in [0.4, 0.5) is 0 Å². The normalized spacial score (nSPS) is 17.4. The summed E-state index contributed by atoms with van der Waals surface area (Å²) in [6.07, 6.45) is 2.61. The van der Waals surface area contributed by atoms with Crippen LogP contribution in [-0.4, -0.2) is 39.8 Å². The molecule has 1 fully saturated rings. The van der Waals surface area contributed by atoms with Crippen LogP contribution in [0, 0.1) is 18.3 Å². The molecule has 0 unspecified atom stereocenters. The third-order valence-corrected chi connectivity index (χ3v) is 4.53. The highest BCUT2D eigenvalue weighted by atomic mass is 16.4. The lowest BCUT2D eigenvalue weighted by molar-refractivity contribution is -0.132. The highest BCUT2D eigenvalue weighted by Gasteiger charge is 2.30. The van der Waals surface area contributed by atoms with Gasteiger partial charge >= 0.3 is 0 Å². The summed E-state index contributed by atoms with van der Waals surface area (Å²) in [5.74, 6) is 1.37. The van der Waals surface area contributed by atoms with E-state index in [9.17, 15) is 4.79 Å². The van der Waals surface area contributed by atoms with Gasteiger partial charge in [-0.05, 0) is 31.0 Å². The maximum atomic E-state index is 12.1. The van der Waals surface area contributed by atoms with Gasteiger partial charge in [0.05, 0.1) is 24.4 Å². The minimum atomic E-state index is 0.0363. The fourth-order valence-corrected chi connectivity index (χ4v) is 3.33. The molecule has 1 aliphatic heterocycles. The van der Waals surface area contributed by atoms with Gasteiger partial charge in [-0.3, -0.25) is 9.69 Å². The van der Waals surface area contributed by atoms with Crippen LogP contribution in [0.1, 0.15) is 36.1 Å². The van der Waals surface area contributed by atoms with Crippen molar-refractivity contribution in [2.24, 2.45) is 0 Å². The molecule has 2 aromatic rings. The van der Waals surface area contributed by atoms with Gasteiger partial charge in [-0.1, -0.05) is 12.1 Å². The molecule has 1 atom stereocenters. The van der Waals surface area contributed by atoms with E-state index in [0.717, 1.165) is 37.4 Å². The van der Waals surface area contributed by atoms with Gasteiger partial charge in [0, 0.05) is 32.6 Å². The number of nitrogens with zero attached hydrogens (tertiary/aromatic N) is 4. The molecule has 1 aromatic heterocycles. The van der Waals surface area contributed by atoms with Crippen molar-refractivity contribution in [3.8, 4) is 6.07 Å². The number of rotatable bonds is 5. The average Bonchev–Trinajstić information content (AvgIpc) is 3.21. The number of likely N-dealkylation sites (tertiary alicyclic amines) is 1. The van der Waals surface area contributed by atoms with Gasteiger partial charge < -0.3 is 9.32 Å². The Morgan fingerprint density at radius 2 is 2.36 bits per heavy atom. The summed E-state index contributed by atoms with van der Waals surface area (Å²) in [5, 5.41) is 9.02. The number of oxazole rings is 1. The Kier molecular flexibility index (Phi) is 5.15. The summed E-state index contributed by atoms with van der Waals surface area (Å²) in [4.78, 5) is 20.5. The average molecular weight is 338 g/mol. The van der Waals surface area contributed by atoms with E-state index in [2.05, 4.69) is 16.0 Å². The fraction of sp³-hybridized carbons (Fsp3) is 0.421. The van der Waals surface area contributed by atoms with Crippen molar-refractivity contribution in [2.75, 3.05) is 13.1 Å². The molecule has 0 radical (unpaired) electrons. The quantitative estimate of drug-likeness (QED) is 0.837. The van der Waals surface area contributed by atoms with Gasteiger partial charge in [-0.15, -0.1) is 0 Å². The van der Waals surface area contributed by atoms with E-state index in [-0.39, 0.29) is 11.9 Å². The van der Waals surface area contributed by atoms with Crippen molar-refractivity contribution < 1.29 is 9.21 Å². The Labute approximate surface area is 147 Å². The molecule has 6 heteroatoms. The Balaban J connectivity index is 1.63. The summed E-state index contributed by atoms with van der Waals surface area (Å²) in [5.41, 5.74) is 1.80. The minimum absolute atomic E-state index is 0.0363. The van der Waals surface area contributed by atoms with E-state index in [1.165, 1.54) is 0 Å². The van der Waals surface area contributed by atoms with E-state index in [1.54, 1.807) is 13.1 Å². The molecule has 6 nitrogen and oxygen atoms in total. The van der Waals surface area contributed by atoms with Crippen LogP contribution >= 0.6 is 0 Å². The second-order valence-electron chi connectivity index (χ2n) is 6.50. The maximum Gasteiger partial charge on any atom is 0.220 e. The molecule has 130 valence electrons. The summed E-state index contributed by atoms with van der Waals surface area (Å²) >= 11 is 0. The first kappa shape index (κ1) is 17.2. The standard InChI is InChI=1S/C19H22N4O2/c1-14-10-21-19(25-14)13-23(15(2)24)18-6-7-22(12-18)11-17-5-3-4-16(8-17)9-20/h3-5,8,10,18H,6-7,11-13H2,1-2H3/t18-/m1/s1. The molecule has 1 amide bonds. The van der Waals surface area contributed by atoms with Gasteiger partial charge in [0.2, 0.25) is 11.8 Å². The maximum absolute atomic E-state index is 12.1. The molecule has 25 heavy (non-hydrogen) atoms. The van der Waals surface area contributed by atoms with Gasteiger partial charge in [0.1, 0.15) is 5.76 Å². The number of hydrogen-bond donors (Lipinski definition) is 0. The topological polar surface area (TPSA) is 73.4 Å². The first-order valence-corrected chi connectivity index (χ1v) is 8.45. The van der Waals surface area contributed by atoms with E-state index in [4.69, 9.17) is 9.68 Å². The Morgan fingerprint density at radius 3 is 3.04 bits per heavy atom. The molecule has 0 saturated carbocycles. The third-order valence-electron chi connectivity index (χ3n) is 4.53. The molecule has 0 N–H and O–H groups in total. The number of aryl methyl sites for hydroxylation is 1. The Hall–Kier alpha value is -2.65. The summed E-state index contributed by atoms with van der Waals surface area (Å²) in [6, 6.07) is 10.0. The van der Waals surface area contributed by atoms with Gasteiger partial charge in [-0.2, -0.15) is 5.26 Å². The number of benzene rings is 1. The molecular formula is C19H22N4O2. The second-order valence-corrected chi connectivity index (χ2v) is 6.50. The lowest BCUT2D eigenvalue weighted by Gasteiger charge is -2.27. The first-order chi connectivity index (χ1) is 12.0. The highest BCUT2D eigenvalue weighted by Crippen LogP contribution is 2.20. The van der Waals surface area contributed by atoms with Crippen LogP contribution in [0.25, 0.3) is 0 Å². The van der Waals surface area contributed by atoms with Gasteiger partial charge in [0.25, 0.3) is 0 Å². The van der Waals surface area contributed by atoms with Crippen LogP contribution in [-0.2, 0) is 17.9 Å². The second kappa shape index (κ2) is 7.49. The van der Waals surface area contributed by atoms with Crippen molar-refractivity contribution in [2.45, 2.75) is 39.4 Å². The van der Waals surface area contributed by atoms with E-state index < -0.39 is 0 Å². The third kappa shape index (κ3) is 4.25. The smallest absolute Gasteiger partial charge is 0.220 e. The van der Waals surface area contributed by atoms with Crippen molar-refractivity contribution in [3.05, 3.63) is 53.2 Å². The molecule has 1 aromatic carbocycles. The molecule has 0 aliphatic carbocycles. The van der Waals surface area contributed by atoms with Crippen LogP contribution in [0.15, 0.2) is 34.9 Å². The predicted molar refractivity (Wildman–Crippen MR) is 92.3 cm³/mol. The molecule has 3 rings (SSSR count). The van der Waals surface area contributed by atoms with Crippen molar-refractivity contribution >= 4 is 5.91 Å². The first-order valence-electron chi connectivity index (χ1n) is 8.45. The van der Waals surface area contributed by atoms with Gasteiger partial charge in [0.15, 0.2) is 0 Å². The highest BCUT2D eigenvalue weighted by molar-refractivity contribution is 5.73. The summed E-state index contributed by atoms with van der Waals surface area (Å²) in [7, 11) is 0. The summed E-state index contributed by atoms with van der Waals surface area (Å²) in [6.45, 7) is 6.38. The molecular weight excluding hydrogens is 316 g/mol. The monoisotopic (exact) mass is 338 g/mol. The van der Waals surface area contributed by atoms with Crippen molar-refractivity contribution in [3.63, 3.8) is 0 Å². The predicted octanol–water partition coefficient (Wildman–Crippen LogP) is 2.48. The number of nitriles is 1. The zero-order valence-electron chi connectivity index (χ0n) is 14.6. The largest absolute Gasteiger partial charge is 0.444 e. The van der Waals surface area contributed by atoms with E-state index >= 15 is 0 Å². The molecule has 0 spiro atoms. The SMILES string of the molecule is CC(=O)N(Cc1ncc(C)o1)[C@@H]1CCN(Cc2cccc(C#N)c2)C1. The van der Waals surface area contributed by atoms with Crippen LogP contribution in [0.3, 0.4) is 0 Å². The van der Waals surface area contributed by atoms with Crippen LogP contribution < -0.4 is 0 Å². The van der Waals surface area contributed by atoms with Gasteiger partial charge in [-0.25, -0.2) is 4.98 Å². The number of aromatic nitrogens is 1. The minimum Gasteiger partial charge on any atom is -0.444 e. The summed E-state index contributed by atoms with van der Waals surface area (Å²) < 4.78 is 5.52. The number of carbonyl (C=O) groups is 1. The number of amides is 1. The lowest BCUT2D eigenvalue weighted by Crippen LogP contribution is -2.40. The number of hydrogen-bond acceptors (Lipinski definition) is 5. The van der Waals surface area contributed by atoms with E-state index in [1.807, 2.05) is 36.1 Å².